The molecule has 0 radical (unpaired) electrons. The van der Waals surface area contributed by atoms with Gasteiger partial charge < -0.3 is 9.84 Å². The normalized spacial score (nSPS) is 33.9. The van der Waals surface area contributed by atoms with Crippen LogP contribution in [0.15, 0.2) is 12.7 Å². The van der Waals surface area contributed by atoms with Gasteiger partial charge in [0.1, 0.15) is 18.1 Å². The molecule has 0 aromatic carbocycles. The number of rotatable bonds is 2. The van der Waals surface area contributed by atoms with Gasteiger partial charge in [0.15, 0.2) is 10.8 Å². The minimum atomic E-state index is -0.0943. The van der Waals surface area contributed by atoms with Gasteiger partial charge in [-0.25, -0.2) is 15.0 Å². The van der Waals surface area contributed by atoms with E-state index in [4.69, 9.17) is 16.3 Å². The molecular formula is C11H11ClN4O2. The van der Waals surface area contributed by atoms with Crippen molar-refractivity contribution < 1.29 is 9.84 Å². The van der Waals surface area contributed by atoms with E-state index < -0.39 is 0 Å². The quantitative estimate of drug-likeness (QED) is 0.821. The summed E-state index contributed by atoms with van der Waals surface area (Å²) < 4.78 is 7.73. The molecule has 4 atom stereocenters. The van der Waals surface area contributed by atoms with Crippen LogP contribution < -0.4 is 0 Å². The highest BCUT2D eigenvalue weighted by Crippen LogP contribution is 2.56. The van der Waals surface area contributed by atoms with Crippen LogP contribution in [0.25, 0.3) is 11.2 Å². The Morgan fingerprint density at radius 3 is 3.06 bits per heavy atom. The maximum Gasteiger partial charge on any atom is 0.166 e. The predicted molar refractivity (Wildman–Crippen MR) is 62.9 cm³/mol. The Kier molecular flexibility index (Phi) is 2.15. The Morgan fingerprint density at radius 1 is 1.39 bits per heavy atom. The molecular weight excluding hydrogens is 256 g/mol. The molecule has 3 heterocycles. The molecule has 94 valence electrons. The van der Waals surface area contributed by atoms with Gasteiger partial charge in [-0.2, -0.15) is 0 Å². The summed E-state index contributed by atoms with van der Waals surface area (Å²) in [5.74, 6) is 0.919. The highest BCUT2D eigenvalue weighted by atomic mass is 35.5. The van der Waals surface area contributed by atoms with Crippen molar-refractivity contribution in [1.82, 2.24) is 19.5 Å². The summed E-state index contributed by atoms with van der Waals surface area (Å²) in [5.41, 5.74) is 1.27. The van der Waals surface area contributed by atoms with Crippen molar-refractivity contribution in [2.75, 3.05) is 6.61 Å². The van der Waals surface area contributed by atoms with E-state index in [2.05, 4.69) is 15.0 Å². The van der Waals surface area contributed by atoms with Crippen molar-refractivity contribution in [2.45, 2.75) is 18.8 Å². The third kappa shape index (κ3) is 1.33. The molecule has 1 aliphatic carbocycles. The van der Waals surface area contributed by atoms with Crippen LogP contribution in [0.2, 0.25) is 5.15 Å². The molecule has 2 fully saturated rings. The molecule has 2 aromatic rings. The molecule has 0 bridgehead atoms. The standard InChI is InChI=1S/C11H11ClN4O2/c12-9-8-10(14-3-13-9)16(4-15-8)11-6-1-5(6)7(2-17)18-11/h3-7,11,17H,1-2H2/t5-,6+,7-,11-/m1/s1. The van der Waals surface area contributed by atoms with E-state index in [9.17, 15) is 5.11 Å². The zero-order valence-corrected chi connectivity index (χ0v) is 10.2. The number of aliphatic hydroxyl groups is 1. The van der Waals surface area contributed by atoms with E-state index in [1.807, 2.05) is 4.57 Å². The summed E-state index contributed by atoms with van der Waals surface area (Å²) in [6, 6.07) is 0. The summed E-state index contributed by atoms with van der Waals surface area (Å²) in [4.78, 5) is 12.3. The lowest BCUT2D eigenvalue weighted by molar-refractivity contribution is -0.0479. The van der Waals surface area contributed by atoms with Crippen molar-refractivity contribution in [3.63, 3.8) is 0 Å². The van der Waals surface area contributed by atoms with Gasteiger partial charge in [0, 0.05) is 5.92 Å². The second kappa shape index (κ2) is 3.63. The van der Waals surface area contributed by atoms with Crippen molar-refractivity contribution in [3.05, 3.63) is 17.8 Å². The second-order valence-electron chi connectivity index (χ2n) is 4.80. The number of ether oxygens (including phenoxy) is 1. The lowest BCUT2D eigenvalue weighted by Crippen LogP contribution is -2.19. The lowest BCUT2D eigenvalue weighted by atomic mass is 10.2. The van der Waals surface area contributed by atoms with E-state index in [1.165, 1.54) is 6.33 Å². The highest BCUT2D eigenvalue weighted by Gasteiger charge is 2.56. The Labute approximate surface area is 108 Å². The molecule has 18 heavy (non-hydrogen) atoms. The zero-order valence-electron chi connectivity index (χ0n) is 9.40. The largest absolute Gasteiger partial charge is 0.394 e. The van der Waals surface area contributed by atoms with Gasteiger partial charge in [0.25, 0.3) is 0 Å². The number of hydrogen-bond acceptors (Lipinski definition) is 5. The van der Waals surface area contributed by atoms with Crippen LogP contribution in [0, 0.1) is 11.8 Å². The minimum Gasteiger partial charge on any atom is -0.394 e. The smallest absolute Gasteiger partial charge is 0.166 e. The van der Waals surface area contributed by atoms with E-state index >= 15 is 0 Å². The van der Waals surface area contributed by atoms with Gasteiger partial charge in [0.05, 0.1) is 19.0 Å². The Morgan fingerprint density at radius 2 is 2.28 bits per heavy atom. The fourth-order valence-electron chi connectivity index (χ4n) is 2.83. The van der Waals surface area contributed by atoms with Crippen LogP contribution in [0.1, 0.15) is 12.6 Å². The molecule has 0 amide bonds. The molecule has 4 rings (SSSR count). The van der Waals surface area contributed by atoms with Crippen molar-refractivity contribution in [3.8, 4) is 0 Å². The van der Waals surface area contributed by atoms with Gasteiger partial charge in [-0.05, 0) is 12.3 Å². The number of halogens is 1. The first kappa shape index (κ1) is 10.7. The Balaban J connectivity index is 1.78. The number of fused-ring (bicyclic) bond motifs is 2. The molecule has 1 N–H and O–H groups in total. The molecule has 2 aliphatic rings. The summed E-state index contributed by atoms with van der Waals surface area (Å²) >= 11 is 5.97. The Hall–Kier alpha value is -1.24. The third-order valence-electron chi connectivity index (χ3n) is 3.82. The van der Waals surface area contributed by atoms with E-state index in [0.717, 1.165) is 6.42 Å². The lowest BCUT2D eigenvalue weighted by Gasteiger charge is -2.17. The van der Waals surface area contributed by atoms with E-state index in [1.54, 1.807) is 6.33 Å². The number of imidazole rings is 1. The van der Waals surface area contributed by atoms with E-state index in [0.29, 0.717) is 28.2 Å². The van der Waals surface area contributed by atoms with Gasteiger partial charge in [-0.15, -0.1) is 0 Å². The predicted octanol–water partition coefficient (Wildman–Crippen LogP) is 1.01. The highest BCUT2D eigenvalue weighted by molar-refractivity contribution is 6.33. The average Bonchev–Trinajstić information content (AvgIpc) is 2.91. The van der Waals surface area contributed by atoms with Crippen LogP contribution in [0.4, 0.5) is 0 Å². The summed E-state index contributed by atoms with van der Waals surface area (Å²) in [7, 11) is 0. The molecule has 0 unspecified atom stereocenters. The SMILES string of the molecule is OC[C@H]1O[C@@H](n2cnc3c(Cl)ncnc32)[C@H]2C[C@H]21. The molecule has 0 spiro atoms. The first-order valence-corrected chi connectivity index (χ1v) is 6.26. The monoisotopic (exact) mass is 266 g/mol. The average molecular weight is 267 g/mol. The number of aromatic nitrogens is 4. The first-order chi connectivity index (χ1) is 8.79. The first-order valence-electron chi connectivity index (χ1n) is 5.89. The topological polar surface area (TPSA) is 73.1 Å². The van der Waals surface area contributed by atoms with Crippen molar-refractivity contribution in [2.24, 2.45) is 11.8 Å². The van der Waals surface area contributed by atoms with Gasteiger partial charge >= 0.3 is 0 Å². The Bertz CT molecular complexity index is 616. The molecule has 1 saturated heterocycles. The van der Waals surface area contributed by atoms with Crippen LogP contribution >= 0.6 is 11.6 Å². The molecule has 1 saturated carbocycles. The molecule has 7 heteroatoms. The molecule has 1 aliphatic heterocycles. The van der Waals surface area contributed by atoms with Gasteiger partial charge in [-0.1, -0.05) is 11.6 Å². The van der Waals surface area contributed by atoms with Gasteiger partial charge in [-0.3, -0.25) is 4.57 Å². The summed E-state index contributed by atoms with van der Waals surface area (Å²) in [5, 5.41) is 9.59. The third-order valence-corrected chi connectivity index (χ3v) is 4.09. The maximum absolute atomic E-state index is 9.24. The number of hydrogen-bond donors (Lipinski definition) is 1. The molecule has 6 nitrogen and oxygen atoms in total. The zero-order chi connectivity index (χ0) is 12.3. The summed E-state index contributed by atoms with van der Waals surface area (Å²) in [6.45, 7) is 0.0695. The fourth-order valence-corrected chi connectivity index (χ4v) is 3.01. The number of aliphatic hydroxyl groups excluding tert-OH is 1. The molecule has 2 aromatic heterocycles. The van der Waals surface area contributed by atoms with Crippen LogP contribution in [0.3, 0.4) is 0 Å². The van der Waals surface area contributed by atoms with Crippen LogP contribution in [-0.4, -0.2) is 37.3 Å². The second-order valence-corrected chi connectivity index (χ2v) is 5.16. The van der Waals surface area contributed by atoms with Crippen molar-refractivity contribution in [1.29, 1.82) is 0 Å². The minimum absolute atomic E-state index is 0.0604. The summed E-state index contributed by atoms with van der Waals surface area (Å²) in [6.07, 6.45) is 4.04. The van der Waals surface area contributed by atoms with Gasteiger partial charge in [0.2, 0.25) is 0 Å². The van der Waals surface area contributed by atoms with Crippen molar-refractivity contribution >= 4 is 22.8 Å². The fraction of sp³-hybridized carbons (Fsp3) is 0.545. The maximum atomic E-state index is 9.24. The van der Waals surface area contributed by atoms with E-state index in [-0.39, 0.29) is 18.9 Å². The van der Waals surface area contributed by atoms with Crippen LogP contribution in [0.5, 0.6) is 0 Å². The number of nitrogens with zero attached hydrogens (tertiary/aromatic N) is 4. The van der Waals surface area contributed by atoms with Crippen LogP contribution in [-0.2, 0) is 4.74 Å².